The van der Waals surface area contributed by atoms with Crippen LogP contribution in [0.25, 0.3) is 22.2 Å². The number of esters is 1. The van der Waals surface area contributed by atoms with Gasteiger partial charge >= 0.3 is 5.97 Å². The molecule has 3 rings (SSSR count). The van der Waals surface area contributed by atoms with Crippen LogP contribution in [0, 0.1) is 12.3 Å². The number of benzene rings is 1. The molecule has 0 saturated heterocycles. The van der Waals surface area contributed by atoms with Gasteiger partial charge in [0.1, 0.15) is 0 Å². The molecular weight excluding hydrogens is 492 g/mol. The second-order valence-electron chi connectivity index (χ2n) is 9.18. The van der Waals surface area contributed by atoms with Crippen molar-refractivity contribution in [2.45, 2.75) is 74.5 Å². The number of carbonyl (C=O) groups excluding carboxylic acids is 1. The Bertz CT molecular complexity index is 1130. The summed E-state index contributed by atoms with van der Waals surface area (Å²) in [5, 5.41) is 1.20. The number of rotatable bonds is 8. The number of halogens is 1. The lowest BCUT2D eigenvalue weighted by Crippen LogP contribution is -2.24. The third-order valence-electron chi connectivity index (χ3n) is 5.82. The monoisotopic (exact) mass is 530 g/mol. The Balaban J connectivity index is 0.00000199. The Labute approximate surface area is 213 Å². The van der Waals surface area contributed by atoms with E-state index in [1.54, 1.807) is 7.11 Å². The van der Waals surface area contributed by atoms with E-state index in [0.29, 0.717) is 6.61 Å². The van der Waals surface area contributed by atoms with Crippen LogP contribution in [-0.4, -0.2) is 29.2 Å². The van der Waals surface area contributed by atoms with Gasteiger partial charge in [-0.15, -0.1) is 0 Å². The van der Waals surface area contributed by atoms with Crippen LogP contribution < -0.4 is 0 Å². The van der Waals surface area contributed by atoms with Gasteiger partial charge in [0.25, 0.3) is 0 Å². The van der Waals surface area contributed by atoms with Gasteiger partial charge in [0.15, 0.2) is 0 Å². The molecule has 0 N–H and O–H groups in total. The van der Waals surface area contributed by atoms with Crippen molar-refractivity contribution < 1.29 is 14.3 Å². The smallest absolute Gasteiger partial charge is 0.302 e. The third kappa shape index (κ3) is 6.28. The van der Waals surface area contributed by atoms with Crippen LogP contribution in [0.1, 0.15) is 71.4 Å². The number of aromatic nitrogens is 2. The molecule has 3 aromatic rings. The van der Waals surface area contributed by atoms with Gasteiger partial charge < -0.3 is 14.0 Å². The van der Waals surface area contributed by atoms with Crippen LogP contribution in [0.2, 0.25) is 0 Å². The van der Waals surface area contributed by atoms with Gasteiger partial charge in [-0.3, -0.25) is 9.78 Å². The summed E-state index contributed by atoms with van der Waals surface area (Å²) < 4.78 is 14.5. The predicted molar refractivity (Wildman–Crippen MR) is 144 cm³/mol. The Morgan fingerprint density at radius 2 is 1.91 bits per heavy atom. The Hall–Kier alpha value is -2.18. The van der Waals surface area contributed by atoms with E-state index < -0.39 is 0 Å². The fourth-order valence-electron chi connectivity index (χ4n) is 4.24. The van der Waals surface area contributed by atoms with E-state index in [-0.39, 0.29) is 17.5 Å². The molecule has 6 heteroatoms. The topological polar surface area (TPSA) is 53.4 Å². The quantitative estimate of drug-likeness (QED) is 0.280. The lowest BCUT2D eigenvalue weighted by molar-refractivity contribution is -0.143. The maximum Gasteiger partial charge on any atom is 0.302 e. The minimum absolute atomic E-state index is 0.137. The highest BCUT2D eigenvalue weighted by Gasteiger charge is 2.28. The lowest BCUT2D eigenvalue weighted by Gasteiger charge is -2.25. The van der Waals surface area contributed by atoms with Crippen molar-refractivity contribution in [2.24, 2.45) is 5.41 Å². The van der Waals surface area contributed by atoms with Crippen LogP contribution >= 0.6 is 15.9 Å². The van der Waals surface area contributed by atoms with Crippen molar-refractivity contribution in [1.29, 1.82) is 0 Å². The molecule has 0 spiro atoms. The summed E-state index contributed by atoms with van der Waals surface area (Å²) in [5.41, 5.74) is 6.46. The Morgan fingerprint density at radius 1 is 1.24 bits per heavy atom. The summed E-state index contributed by atoms with van der Waals surface area (Å²) in [6.45, 7) is 17.2. The summed E-state index contributed by atoms with van der Waals surface area (Å²) in [6.07, 6.45) is 2.51. The molecule has 0 radical (unpaired) electrons. The average molecular weight is 532 g/mol. The van der Waals surface area contributed by atoms with Gasteiger partial charge in [-0.25, -0.2) is 0 Å². The maximum absolute atomic E-state index is 11.5. The highest BCUT2D eigenvalue weighted by molar-refractivity contribution is 9.10. The van der Waals surface area contributed by atoms with Gasteiger partial charge in [0.05, 0.1) is 24.1 Å². The molecule has 0 amide bonds. The van der Waals surface area contributed by atoms with Crippen molar-refractivity contribution in [2.75, 3.05) is 13.7 Å². The molecule has 186 valence electrons. The summed E-state index contributed by atoms with van der Waals surface area (Å²) in [7, 11) is 1.71. The summed E-state index contributed by atoms with van der Waals surface area (Å²) >= 11 is 3.66. The zero-order chi connectivity index (χ0) is 25.6. The number of carbonyl (C=O) groups is 1. The highest BCUT2D eigenvalue weighted by Crippen LogP contribution is 2.41. The SMILES string of the molecule is CC.CCn1c(-c2cc(C)cnc2C(C)OC)c(CC(C)(C)COC(C)=O)c2cc(Br)ccc21. The lowest BCUT2D eigenvalue weighted by atomic mass is 9.84. The number of pyridine rings is 1. The van der Waals surface area contributed by atoms with E-state index >= 15 is 0 Å². The van der Waals surface area contributed by atoms with E-state index in [2.05, 4.69) is 72.5 Å². The van der Waals surface area contributed by atoms with Gasteiger partial charge in [0.2, 0.25) is 0 Å². The van der Waals surface area contributed by atoms with Crippen molar-refractivity contribution in [3.05, 3.63) is 51.8 Å². The number of nitrogens with zero attached hydrogens (tertiary/aromatic N) is 2. The first-order chi connectivity index (χ1) is 16.1. The molecule has 1 unspecified atom stereocenters. The normalized spacial score (nSPS) is 12.3. The molecule has 5 nitrogen and oxygen atoms in total. The average Bonchev–Trinajstić information content (AvgIpc) is 3.10. The predicted octanol–water partition coefficient (Wildman–Crippen LogP) is 7.66. The van der Waals surface area contributed by atoms with E-state index in [4.69, 9.17) is 14.5 Å². The van der Waals surface area contributed by atoms with Crippen LogP contribution in [-0.2, 0) is 27.2 Å². The molecule has 0 aliphatic heterocycles. The maximum atomic E-state index is 11.5. The van der Waals surface area contributed by atoms with Gasteiger partial charge in [-0.1, -0.05) is 43.6 Å². The zero-order valence-corrected chi connectivity index (χ0v) is 23.7. The number of fused-ring (bicyclic) bond motifs is 1. The molecule has 2 heterocycles. The number of methoxy groups -OCH3 is 1. The standard InChI is InChI=1S/C26H33BrN2O3.C2H6/c1-8-29-23-10-9-19(27)12-20(23)22(13-26(5,6)15-32-18(4)30)25(29)21-11-16(2)14-28-24(21)17(3)31-7;1-2/h9-12,14,17H,8,13,15H2,1-7H3;1-2H3. The summed E-state index contributed by atoms with van der Waals surface area (Å²) in [5.74, 6) is -0.254. The van der Waals surface area contributed by atoms with Crippen molar-refractivity contribution in [1.82, 2.24) is 9.55 Å². The molecule has 0 bridgehead atoms. The first-order valence-electron chi connectivity index (χ1n) is 12.0. The molecule has 0 saturated carbocycles. The van der Waals surface area contributed by atoms with Gasteiger partial charge in [-0.05, 0) is 62.6 Å². The fraction of sp³-hybridized carbons (Fsp3) is 0.500. The van der Waals surface area contributed by atoms with Crippen LogP contribution in [0.4, 0.5) is 0 Å². The second kappa shape index (κ2) is 12.0. The van der Waals surface area contributed by atoms with Crippen molar-refractivity contribution in [3.63, 3.8) is 0 Å². The number of aryl methyl sites for hydroxylation is 2. The highest BCUT2D eigenvalue weighted by atomic mass is 79.9. The van der Waals surface area contributed by atoms with Crippen LogP contribution in [0.15, 0.2) is 34.9 Å². The fourth-order valence-corrected chi connectivity index (χ4v) is 4.60. The van der Waals surface area contributed by atoms with Crippen LogP contribution in [0.3, 0.4) is 0 Å². The first-order valence-corrected chi connectivity index (χ1v) is 12.8. The van der Waals surface area contributed by atoms with Crippen LogP contribution in [0.5, 0.6) is 0 Å². The van der Waals surface area contributed by atoms with E-state index in [1.807, 2.05) is 27.0 Å². The first kappa shape index (κ1) is 28.1. The molecule has 0 aliphatic rings. The Kier molecular flexibility index (Phi) is 9.89. The van der Waals surface area contributed by atoms with E-state index in [0.717, 1.165) is 40.0 Å². The Morgan fingerprint density at radius 3 is 2.50 bits per heavy atom. The molecular formula is C28H39BrN2O3. The van der Waals surface area contributed by atoms with Gasteiger partial charge in [-0.2, -0.15) is 0 Å². The van der Waals surface area contributed by atoms with E-state index in [1.165, 1.54) is 23.4 Å². The summed E-state index contributed by atoms with van der Waals surface area (Å²) in [6, 6.07) is 8.64. The number of ether oxygens (including phenoxy) is 2. The molecule has 34 heavy (non-hydrogen) atoms. The molecule has 0 aliphatic carbocycles. The third-order valence-corrected chi connectivity index (χ3v) is 6.31. The van der Waals surface area contributed by atoms with Gasteiger partial charge in [0, 0.05) is 53.1 Å². The minimum atomic E-state index is -0.254. The number of hydrogen-bond donors (Lipinski definition) is 0. The molecule has 1 atom stereocenters. The molecule has 0 fully saturated rings. The molecule has 2 aromatic heterocycles. The molecule has 1 aromatic carbocycles. The van der Waals surface area contributed by atoms with E-state index in [9.17, 15) is 4.79 Å². The van der Waals surface area contributed by atoms with Crippen molar-refractivity contribution in [3.8, 4) is 11.3 Å². The number of hydrogen-bond acceptors (Lipinski definition) is 4. The summed E-state index contributed by atoms with van der Waals surface area (Å²) in [4.78, 5) is 16.2. The zero-order valence-electron chi connectivity index (χ0n) is 22.1. The second-order valence-corrected chi connectivity index (χ2v) is 10.1. The van der Waals surface area contributed by atoms with Crippen molar-refractivity contribution >= 4 is 32.8 Å². The largest absolute Gasteiger partial charge is 0.465 e. The minimum Gasteiger partial charge on any atom is -0.465 e.